The molecular formula is C19H22N6O3. The maximum Gasteiger partial charge on any atom is 0.272 e. The molecule has 3 aromatic heterocycles. The molecule has 3 N–H and O–H groups in total. The van der Waals surface area contributed by atoms with Crippen molar-refractivity contribution in [2.24, 2.45) is 11.7 Å². The second-order valence-corrected chi connectivity index (χ2v) is 6.95. The highest BCUT2D eigenvalue weighted by Gasteiger charge is 2.26. The Morgan fingerprint density at radius 2 is 2.14 bits per heavy atom. The zero-order chi connectivity index (χ0) is 19.7. The Kier molecular flexibility index (Phi) is 4.82. The van der Waals surface area contributed by atoms with E-state index >= 15 is 0 Å². The van der Waals surface area contributed by atoms with E-state index in [-0.39, 0.29) is 22.9 Å². The van der Waals surface area contributed by atoms with Gasteiger partial charge in [-0.2, -0.15) is 0 Å². The van der Waals surface area contributed by atoms with Gasteiger partial charge in [0.05, 0.1) is 12.0 Å². The summed E-state index contributed by atoms with van der Waals surface area (Å²) >= 11 is 0. The first kappa shape index (κ1) is 18.2. The predicted octanol–water partition coefficient (Wildman–Crippen LogP) is 1.16. The molecule has 9 heteroatoms. The molecule has 0 unspecified atom stereocenters. The first-order valence-electron chi connectivity index (χ1n) is 9.24. The maximum atomic E-state index is 13.1. The lowest BCUT2D eigenvalue weighted by Crippen LogP contribution is -2.40. The van der Waals surface area contributed by atoms with Crippen LogP contribution >= 0.6 is 0 Å². The topological polar surface area (TPSA) is 119 Å². The van der Waals surface area contributed by atoms with Crippen molar-refractivity contribution in [3.05, 3.63) is 42.2 Å². The van der Waals surface area contributed by atoms with Gasteiger partial charge in [0, 0.05) is 13.1 Å². The van der Waals surface area contributed by atoms with Gasteiger partial charge in [-0.3, -0.25) is 14.0 Å². The fraction of sp³-hybridized carbons (Fsp3) is 0.368. The predicted molar refractivity (Wildman–Crippen MR) is 102 cm³/mol. The van der Waals surface area contributed by atoms with Crippen molar-refractivity contribution in [3.8, 4) is 11.5 Å². The molecule has 0 aliphatic carbocycles. The third-order valence-electron chi connectivity index (χ3n) is 5.12. The average Bonchev–Trinajstić information content (AvgIpc) is 3.37. The van der Waals surface area contributed by atoms with E-state index in [1.807, 2.05) is 7.05 Å². The number of hydrogen-bond donors (Lipinski definition) is 2. The zero-order valence-corrected chi connectivity index (χ0v) is 15.6. The lowest BCUT2D eigenvalue weighted by atomic mass is 9.96. The summed E-state index contributed by atoms with van der Waals surface area (Å²) in [6.45, 7) is 2.30. The average molecular weight is 382 g/mol. The molecule has 146 valence electrons. The maximum absolute atomic E-state index is 13.1. The van der Waals surface area contributed by atoms with Crippen LogP contribution in [-0.4, -0.2) is 57.8 Å². The van der Waals surface area contributed by atoms with Crippen LogP contribution in [0.1, 0.15) is 33.8 Å². The van der Waals surface area contributed by atoms with E-state index < -0.39 is 5.91 Å². The second kappa shape index (κ2) is 7.43. The monoisotopic (exact) mass is 382 g/mol. The SMILES string of the molecule is CNCC1CCN(C(=O)c2cc(-c3ccco3)n3cnc(C(N)=O)c3n2)CC1. The molecule has 28 heavy (non-hydrogen) atoms. The molecule has 4 heterocycles. The molecule has 0 saturated carbocycles. The lowest BCUT2D eigenvalue weighted by molar-refractivity contribution is 0.0685. The molecule has 1 fully saturated rings. The summed E-state index contributed by atoms with van der Waals surface area (Å²) in [5.41, 5.74) is 6.53. The number of hydrogen-bond acceptors (Lipinski definition) is 6. The Morgan fingerprint density at radius 3 is 2.79 bits per heavy atom. The van der Waals surface area contributed by atoms with Crippen molar-refractivity contribution >= 4 is 17.5 Å². The van der Waals surface area contributed by atoms with E-state index in [0.717, 1.165) is 19.4 Å². The van der Waals surface area contributed by atoms with Crippen molar-refractivity contribution in [2.45, 2.75) is 12.8 Å². The van der Waals surface area contributed by atoms with Crippen molar-refractivity contribution in [1.29, 1.82) is 0 Å². The third kappa shape index (κ3) is 3.24. The van der Waals surface area contributed by atoms with Crippen LogP contribution in [0.5, 0.6) is 0 Å². The minimum Gasteiger partial charge on any atom is -0.463 e. The number of carbonyl (C=O) groups is 2. The molecule has 2 amide bonds. The first-order chi connectivity index (χ1) is 13.6. The van der Waals surface area contributed by atoms with Gasteiger partial charge in [-0.05, 0) is 50.6 Å². The minimum atomic E-state index is -0.696. The molecule has 1 aliphatic heterocycles. The Bertz CT molecular complexity index is 1000. The van der Waals surface area contributed by atoms with Crippen LogP contribution in [0.25, 0.3) is 17.1 Å². The highest BCUT2D eigenvalue weighted by Crippen LogP contribution is 2.25. The summed E-state index contributed by atoms with van der Waals surface area (Å²) in [6, 6.07) is 5.19. The Hall–Kier alpha value is -3.20. The molecule has 4 rings (SSSR count). The van der Waals surface area contributed by atoms with Gasteiger partial charge in [-0.25, -0.2) is 9.97 Å². The number of piperidine rings is 1. The molecule has 0 spiro atoms. The third-order valence-corrected chi connectivity index (χ3v) is 5.12. The van der Waals surface area contributed by atoms with Gasteiger partial charge in [0.1, 0.15) is 12.0 Å². The Morgan fingerprint density at radius 1 is 1.36 bits per heavy atom. The van der Waals surface area contributed by atoms with E-state index in [4.69, 9.17) is 10.2 Å². The largest absolute Gasteiger partial charge is 0.463 e. The molecule has 1 saturated heterocycles. The molecule has 0 aromatic carbocycles. The van der Waals surface area contributed by atoms with Crippen LogP contribution in [0.4, 0.5) is 0 Å². The number of furan rings is 1. The van der Waals surface area contributed by atoms with Crippen LogP contribution in [0.15, 0.2) is 35.2 Å². The molecule has 0 bridgehead atoms. The summed E-state index contributed by atoms with van der Waals surface area (Å²) in [6.07, 6.45) is 4.89. The van der Waals surface area contributed by atoms with Gasteiger partial charge in [0.25, 0.3) is 11.8 Å². The number of nitrogens with two attached hydrogens (primary N) is 1. The smallest absolute Gasteiger partial charge is 0.272 e. The van der Waals surface area contributed by atoms with E-state index in [1.54, 1.807) is 33.8 Å². The minimum absolute atomic E-state index is 0.0233. The Labute approximate surface area is 161 Å². The fourth-order valence-electron chi connectivity index (χ4n) is 3.66. The standard InChI is InChI=1S/C19H22N6O3/c1-21-10-12-4-6-24(7-5-12)19(27)13-9-14(15-3-2-8-28-15)25-11-22-16(17(20)26)18(25)23-13/h2-3,8-9,11-12,21H,4-7,10H2,1H3,(H2,20,26). The van der Waals surface area contributed by atoms with Gasteiger partial charge >= 0.3 is 0 Å². The summed E-state index contributed by atoms with van der Waals surface area (Å²) < 4.78 is 7.10. The van der Waals surface area contributed by atoms with Gasteiger partial charge in [-0.15, -0.1) is 0 Å². The number of fused-ring (bicyclic) bond motifs is 1. The van der Waals surface area contributed by atoms with Gasteiger partial charge in [-0.1, -0.05) is 0 Å². The number of amides is 2. The molecular weight excluding hydrogens is 360 g/mol. The normalized spacial score (nSPS) is 15.2. The second-order valence-electron chi connectivity index (χ2n) is 6.95. The van der Waals surface area contributed by atoms with Crippen LogP contribution in [-0.2, 0) is 0 Å². The number of nitrogens with one attached hydrogen (secondary N) is 1. The number of primary amides is 1. The van der Waals surface area contributed by atoms with Crippen LogP contribution in [0.3, 0.4) is 0 Å². The van der Waals surface area contributed by atoms with Crippen LogP contribution < -0.4 is 11.1 Å². The van der Waals surface area contributed by atoms with Gasteiger partial charge in [0.2, 0.25) is 0 Å². The summed E-state index contributed by atoms with van der Waals surface area (Å²) in [7, 11) is 1.94. The lowest BCUT2D eigenvalue weighted by Gasteiger charge is -2.31. The van der Waals surface area contributed by atoms with Crippen molar-refractivity contribution in [3.63, 3.8) is 0 Å². The summed E-state index contributed by atoms with van der Waals surface area (Å²) in [5, 5.41) is 3.19. The molecule has 0 atom stereocenters. The highest BCUT2D eigenvalue weighted by molar-refractivity contribution is 5.99. The van der Waals surface area contributed by atoms with Crippen molar-refractivity contribution < 1.29 is 14.0 Å². The molecule has 3 aromatic rings. The summed E-state index contributed by atoms with van der Waals surface area (Å²) in [4.78, 5) is 35.1. The van der Waals surface area contributed by atoms with Crippen LogP contribution in [0.2, 0.25) is 0 Å². The molecule has 9 nitrogen and oxygen atoms in total. The fourth-order valence-corrected chi connectivity index (χ4v) is 3.66. The molecule has 0 radical (unpaired) electrons. The highest BCUT2D eigenvalue weighted by atomic mass is 16.3. The number of imidazole rings is 1. The van der Waals surface area contributed by atoms with E-state index in [1.165, 1.54) is 6.33 Å². The number of rotatable bonds is 5. The summed E-state index contributed by atoms with van der Waals surface area (Å²) in [5.74, 6) is 0.245. The van der Waals surface area contributed by atoms with E-state index in [9.17, 15) is 9.59 Å². The quantitative estimate of drug-likeness (QED) is 0.683. The number of nitrogens with zero attached hydrogens (tertiary/aromatic N) is 4. The van der Waals surface area contributed by atoms with Gasteiger partial charge < -0.3 is 20.4 Å². The number of likely N-dealkylation sites (tertiary alicyclic amines) is 1. The van der Waals surface area contributed by atoms with E-state index in [2.05, 4.69) is 15.3 Å². The van der Waals surface area contributed by atoms with E-state index in [0.29, 0.717) is 30.5 Å². The number of aromatic nitrogens is 3. The molecule has 1 aliphatic rings. The number of carbonyl (C=O) groups excluding carboxylic acids is 2. The van der Waals surface area contributed by atoms with Gasteiger partial charge in [0.15, 0.2) is 17.1 Å². The van der Waals surface area contributed by atoms with Crippen molar-refractivity contribution in [1.82, 2.24) is 24.6 Å². The Balaban J connectivity index is 1.72. The zero-order valence-electron chi connectivity index (χ0n) is 15.6. The van der Waals surface area contributed by atoms with Crippen LogP contribution in [0, 0.1) is 5.92 Å². The first-order valence-corrected chi connectivity index (χ1v) is 9.24. The van der Waals surface area contributed by atoms with Crippen molar-refractivity contribution in [2.75, 3.05) is 26.7 Å².